The molecule has 1 amide bonds. The van der Waals surface area contributed by atoms with Crippen LogP contribution in [0.1, 0.15) is 15.9 Å². The third-order valence-corrected chi connectivity index (χ3v) is 3.07. The van der Waals surface area contributed by atoms with Crippen LogP contribution in [0.5, 0.6) is 0 Å². The van der Waals surface area contributed by atoms with Gasteiger partial charge in [0.15, 0.2) is 0 Å². The molecule has 6 nitrogen and oxygen atoms in total. The van der Waals surface area contributed by atoms with Crippen LogP contribution in [0.3, 0.4) is 0 Å². The van der Waals surface area contributed by atoms with E-state index in [4.69, 9.17) is 5.26 Å². The highest BCUT2D eigenvalue weighted by Crippen LogP contribution is 2.16. The molecule has 0 radical (unpaired) electrons. The van der Waals surface area contributed by atoms with Crippen molar-refractivity contribution in [3.8, 4) is 6.07 Å². The monoisotopic (exact) mass is 278 g/mol. The maximum absolute atomic E-state index is 12.3. The van der Waals surface area contributed by atoms with Crippen LogP contribution < -0.4 is 11.0 Å². The topological polar surface area (TPSA) is 102 Å². The number of amides is 1. The lowest BCUT2D eigenvalue weighted by Gasteiger charge is -2.06. The van der Waals surface area contributed by atoms with Gasteiger partial charge in [0, 0.05) is 5.69 Å². The molecule has 0 fully saturated rings. The molecule has 0 saturated heterocycles. The Hall–Kier alpha value is -3.33. The Balaban J connectivity index is 1.93. The zero-order valence-electron chi connectivity index (χ0n) is 10.8. The molecule has 6 heteroatoms. The zero-order chi connectivity index (χ0) is 14.8. The van der Waals surface area contributed by atoms with E-state index in [2.05, 4.69) is 15.3 Å². The Morgan fingerprint density at radius 2 is 1.86 bits per heavy atom. The molecule has 0 atom stereocenters. The van der Waals surface area contributed by atoms with E-state index in [1.54, 1.807) is 42.5 Å². The first-order valence-corrected chi connectivity index (χ1v) is 6.20. The summed E-state index contributed by atoms with van der Waals surface area (Å²) in [5, 5.41) is 11.5. The van der Waals surface area contributed by atoms with Crippen molar-refractivity contribution in [2.24, 2.45) is 0 Å². The third kappa shape index (κ3) is 2.40. The van der Waals surface area contributed by atoms with Gasteiger partial charge in [-0.25, -0.2) is 4.79 Å². The summed E-state index contributed by atoms with van der Waals surface area (Å²) in [5.74, 6) is -0.333. The standard InChI is InChI=1S/C15H10N4O2/c16-8-9-4-6-10(7-5-9)17-14(20)11-2-1-3-12-13(11)19-15(21)18-12/h1-7H,(H,17,20)(H2,18,19,21). The highest BCUT2D eigenvalue weighted by Gasteiger charge is 2.12. The minimum Gasteiger partial charge on any atom is -0.322 e. The van der Waals surface area contributed by atoms with Gasteiger partial charge in [-0.1, -0.05) is 6.07 Å². The number of carbonyl (C=O) groups excluding carboxylic acids is 1. The summed E-state index contributed by atoms with van der Waals surface area (Å²) in [6.07, 6.45) is 0. The molecule has 3 N–H and O–H groups in total. The second-order valence-corrected chi connectivity index (χ2v) is 4.45. The van der Waals surface area contributed by atoms with Crippen LogP contribution in [0.25, 0.3) is 11.0 Å². The summed E-state index contributed by atoms with van der Waals surface area (Å²) in [4.78, 5) is 28.8. The fraction of sp³-hybridized carbons (Fsp3) is 0. The summed E-state index contributed by atoms with van der Waals surface area (Å²) in [7, 11) is 0. The second-order valence-electron chi connectivity index (χ2n) is 4.45. The zero-order valence-corrected chi connectivity index (χ0v) is 10.8. The van der Waals surface area contributed by atoms with Gasteiger partial charge in [0.05, 0.1) is 28.2 Å². The largest absolute Gasteiger partial charge is 0.323 e. The molecule has 3 rings (SSSR count). The Morgan fingerprint density at radius 1 is 1.10 bits per heavy atom. The fourth-order valence-electron chi connectivity index (χ4n) is 2.07. The molecule has 1 heterocycles. The van der Waals surface area contributed by atoms with Gasteiger partial charge >= 0.3 is 5.69 Å². The van der Waals surface area contributed by atoms with Gasteiger partial charge in [-0.15, -0.1) is 0 Å². The van der Waals surface area contributed by atoms with Gasteiger partial charge in [0.2, 0.25) is 0 Å². The maximum atomic E-state index is 12.3. The number of benzene rings is 2. The summed E-state index contributed by atoms with van der Waals surface area (Å²) in [6, 6.07) is 13.6. The van der Waals surface area contributed by atoms with E-state index >= 15 is 0 Å². The first kappa shape index (κ1) is 12.7. The van der Waals surface area contributed by atoms with Gasteiger partial charge in [-0.05, 0) is 36.4 Å². The van der Waals surface area contributed by atoms with E-state index in [-0.39, 0.29) is 11.6 Å². The van der Waals surface area contributed by atoms with Gasteiger partial charge in [-0.2, -0.15) is 5.26 Å². The van der Waals surface area contributed by atoms with Crippen molar-refractivity contribution in [2.75, 3.05) is 5.32 Å². The molecular formula is C15H10N4O2. The minimum atomic E-state index is -0.358. The molecule has 0 unspecified atom stereocenters. The number of aromatic amines is 2. The summed E-state index contributed by atoms with van der Waals surface area (Å²) in [6.45, 7) is 0. The van der Waals surface area contributed by atoms with E-state index in [1.807, 2.05) is 6.07 Å². The van der Waals surface area contributed by atoms with Crippen molar-refractivity contribution in [1.82, 2.24) is 9.97 Å². The van der Waals surface area contributed by atoms with Crippen molar-refractivity contribution < 1.29 is 4.79 Å². The van der Waals surface area contributed by atoms with Crippen molar-refractivity contribution in [1.29, 1.82) is 5.26 Å². The smallest absolute Gasteiger partial charge is 0.322 e. The maximum Gasteiger partial charge on any atom is 0.323 e. The first-order valence-electron chi connectivity index (χ1n) is 6.20. The third-order valence-electron chi connectivity index (χ3n) is 3.07. The average molecular weight is 278 g/mol. The van der Waals surface area contributed by atoms with Gasteiger partial charge < -0.3 is 15.3 Å². The Labute approximate surface area is 119 Å². The number of fused-ring (bicyclic) bond motifs is 1. The molecule has 2 aromatic carbocycles. The van der Waals surface area contributed by atoms with E-state index in [1.165, 1.54) is 0 Å². The van der Waals surface area contributed by atoms with Crippen molar-refractivity contribution in [2.45, 2.75) is 0 Å². The van der Waals surface area contributed by atoms with Crippen molar-refractivity contribution in [3.05, 3.63) is 64.1 Å². The Bertz CT molecular complexity index is 913. The summed E-state index contributed by atoms with van der Waals surface area (Å²) < 4.78 is 0. The number of anilines is 1. The van der Waals surface area contributed by atoms with Crippen molar-refractivity contribution >= 4 is 22.6 Å². The molecule has 3 aromatic rings. The summed E-state index contributed by atoms with van der Waals surface area (Å²) in [5.41, 5.74) is 2.15. The highest BCUT2D eigenvalue weighted by atomic mass is 16.2. The highest BCUT2D eigenvalue weighted by molar-refractivity contribution is 6.11. The van der Waals surface area contributed by atoms with E-state index in [0.29, 0.717) is 27.8 Å². The molecule has 1 aromatic heterocycles. The van der Waals surface area contributed by atoms with Crippen LogP contribution in [-0.4, -0.2) is 15.9 Å². The fourth-order valence-corrected chi connectivity index (χ4v) is 2.07. The van der Waals surface area contributed by atoms with Crippen LogP contribution in [0, 0.1) is 11.3 Å². The lowest BCUT2D eigenvalue weighted by molar-refractivity contribution is 0.102. The molecule has 0 aliphatic heterocycles. The number of aromatic nitrogens is 2. The number of imidazole rings is 1. The molecule has 0 spiro atoms. The molecule has 0 aliphatic carbocycles. The van der Waals surface area contributed by atoms with E-state index < -0.39 is 0 Å². The number of rotatable bonds is 2. The van der Waals surface area contributed by atoms with E-state index in [0.717, 1.165) is 0 Å². The second kappa shape index (κ2) is 4.98. The molecule has 0 aliphatic rings. The SMILES string of the molecule is N#Cc1ccc(NC(=O)c2cccc3[nH]c(=O)[nH]c23)cc1. The average Bonchev–Trinajstić information content (AvgIpc) is 2.87. The Morgan fingerprint density at radius 3 is 2.57 bits per heavy atom. The normalized spacial score (nSPS) is 10.2. The van der Waals surface area contributed by atoms with Gasteiger partial charge in [0.1, 0.15) is 0 Å². The number of nitrogens with zero attached hydrogens (tertiary/aromatic N) is 1. The molecule has 0 saturated carbocycles. The number of nitriles is 1. The predicted octanol–water partition coefficient (Wildman–Crippen LogP) is 1.98. The van der Waals surface area contributed by atoms with Gasteiger partial charge in [0.25, 0.3) is 5.91 Å². The quantitative estimate of drug-likeness (QED) is 0.668. The van der Waals surface area contributed by atoms with Crippen LogP contribution in [0.15, 0.2) is 47.3 Å². The number of H-pyrrole nitrogens is 2. The molecule has 102 valence electrons. The molecule has 0 bridgehead atoms. The number of hydrogen-bond acceptors (Lipinski definition) is 3. The van der Waals surface area contributed by atoms with Crippen LogP contribution >= 0.6 is 0 Å². The van der Waals surface area contributed by atoms with Crippen molar-refractivity contribution in [3.63, 3.8) is 0 Å². The van der Waals surface area contributed by atoms with Crippen LogP contribution in [0.4, 0.5) is 5.69 Å². The van der Waals surface area contributed by atoms with E-state index in [9.17, 15) is 9.59 Å². The molecule has 21 heavy (non-hydrogen) atoms. The summed E-state index contributed by atoms with van der Waals surface area (Å²) >= 11 is 0. The lowest BCUT2D eigenvalue weighted by atomic mass is 10.1. The Kier molecular flexibility index (Phi) is 3.01. The number of nitrogens with one attached hydrogen (secondary N) is 3. The lowest BCUT2D eigenvalue weighted by Crippen LogP contribution is -2.12. The van der Waals surface area contributed by atoms with Crippen LogP contribution in [0.2, 0.25) is 0 Å². The molecular weight excluding hydrogens is 268 g/mol. The minimum absolute atomic E-state index is 0.333. The number of carbonyl (C=O) groups is 1. The number of para-hydroxylation sites is 1. The number of hydrogen-bond donors (Lipinski definition) is 3. The van der Waals surface area contributed by atoms with Crippen LogP contribution in [-0.2, 0) is 0 Å². The predicted molar refractivity (Wildman–Crippen MR) is 78.0 cm³/mol. The van der Waals surface area contributed by atoms with Gasteiger partial charge in [-0.3, -0.25) is 4.79 Å². The first-order chi connectivity index (χ1) is 10.2.